The highest BCUT2D eigenvalue weighted by Gasteiger charge is 2.41. The molecule has 3 aliphatic rings. The maximum Gasteiger partial charge on any atom is 0.320 e. The van der Waals surface area contributed by atoms with Crippen LogP contribution in [0.3, 0.4) is 0 Å². The molecule has 1 fully saturated rings. The van der Waals surface area contributed by atoms with E-state index in [0.29, 0.717) is 36.4 Å². The fourth-order valence-corrected chi connectivity index (χ4v) is 11.6. The highest BCUT2D eigenvalue weighted by atomic mass is 32.2. The van der Waals surface area contributed by atoms with Gasteiger partial charge in [-0.15, -0.1) is 11.3 Å². The first-order valence-electron chi connectivity index (χ1n) is 25.1. The highest BCUT2D eigenvalue weighted by Crippen LogP contribution is 2.47. The van der Waals surface area contributed by atoms with Gasteiger partial charge in [-0.05, 0) is 80.5 Å². The van der Waals surface area contributed by atoms with Gasteiger partial charge in [-0.1, -0.05) is 24.3 Å². The summed E-state index contributed by atoms with van der Waals surface area (Å²) in [6, 6.07) is 15.8. The van der Waals surface area contributed by atoms with Crippen molar-refractivity contribution in [3.63, 3.8) is 0 Å². The van der Waals surface area contributed by atoms with Crippen molar-refractivity contribution in [1.29, 1.82) is 0 Å². The van der Waals surface area contributed by atoms with Gasteiger partial charge in [0, 0.05) is 60.9 Å². The molecule has 2 aliphatic carbocycles. The molecule has 26 heteroatoms. The van der Waals surface area contributed by atoms with E-state index in [-0.39, 0.29) is 112 Å². The number of aliphatic hydroxyl groups excluding tert-OH is 2. The van der Waals surface area contributed by atoms with Crippen molar-refractivity contribution in [3.05, 3.63) is 122 Å². The fraction of sp³-hybridized carbons (Fsp3) is 0.333. The minimum absolute atomic E-state index is 0.0292. The van der Waals surface area contributed by atoms with E-state index in [1.165, 1.54) is 42.7 Å². The Morgan fingerprint density at radius 2 is 1.73 bits per heavy atom. The number of nitrogens with one attached hydrogen (secondary N) is 4. The number of thiazole rings is 1. The van der Waals surface area contributed by atoms with E-state index in [1.807, 2.05) is 24.3 Å². The van der Waals surface area contributed by atoms with Gasteiger partial charge >= 0.3 is 11.9 Å². The Labute approximate surface area is 463 Å². The van der Waals surface area contributed by atoms with E-state index in [4.69, 9.17) is 29.8 Å². The van der Waals surface area contributed by atoms with Crippen LogP contribution in [0.25, 0.3) is 21.4 Å². The average Bonchev–Trinajstić information content (AvgIpc) is 4.02. The lowest BCUT2D eigenvalue weighted by Gasteiger charge is -2.37. The third-order valence-corrected chi connectivity index (χ3v) is 15.9. The molecule has 7 aromatic rings. The maximum absolute atomic E-state index is 13.1. The number of anilines is 2. The van der Waals surface area contributed by atoms with Crippen LogP contribution >= 0.6 is 23.3 Å². The molecule has 1 aliphatic heterocycles. The Balaban J connectivity index is 0.000000232. The van der Waals surface area contributed by atoms with Crippen molar-refractivity contribution in [2.75, 3.05) is 31.9 Å². The van der Waals surface area contributed by atoms with Gasteiger partial charge in [0.1, 0.15) is 35.6 Å². The van der Waals surface area contributed by atoms with E-state index in [0.717, 1.165) is 25.8 Å². The summed E-state index contributed by atoms with van der Waals surface area (Å²) in [5.74, 6) is -3.90. The minimum atomic E-state index is -1.08. The van der Waals surface area contributed by atoms with Crippen molar-refractivity contribution >= 4 is 85.6 Å². The summed E-state index contributed by atoms with van der Waals surface area (Å²) in [5.41, 5.74) is 8.51. The van der Waals surface area contributed by atoms with Crippen molar-refractivity contribution < 1.29 is 68.5 Å². The lowest BCUT2D eigenvalue weighted by atomic mass is 9.75. The number of Topliss-reactive ketones (excluding diaryl/α,β-unsaturated/α-hetero) is 1. The summed E-state index contributed by atoms with van der Waals surface area (Å²) in [7, 11) is 2.95. The monoisotopic (exact) mass is 1130 g/mol. The Kier molecular flexibility index (Phi) is 17.5. The number of aromatic amines is 1. The summed E-state index contributed by atoms with van der Waals surface area (Å²) < 4.78 is 26.4. The first-order valence-corrected chi connectivity index (χ1v) is 26.8. The number of rotatable bonds is 18. The third kappa shape index (κ3) is 12.3. The van der Waals surface area contributed by atoms with Crippen LogP contribution in [-0.2, 0) is 49.8 Å². The number of aromatic hydroxyl groups is 2. The Morgan fingerprint density at radius 3 is 2.46 bits per heavy atom. The van der Waals surface area contributed by atoms with Crippen LogP contribution in [0.15, 0.2) is 76.0 Å². The number of aromatic nitrogens is 5. The zero-order valence-corrected chi connectivity index (χ0v) is 44.8. The number of nitrogen functional groups attached to an aromatic ring is 1. The lowest BCUT2D eigenvalue weighted by Crippen LogP contribution is -2.52. The molecule has 24 nitrogen and oxygen atoms in total. The van der Waals surface area contributed by atoms with Crippen LogP contribution in [0, 0.1) is 5.92 Å². The third-order valence-electron chi connectivity index (χ3n) is 13.9. The first kappa shape index (κ1) is 56.8. The van der Waals surface area contributed by atoms with Crippen LogP contribution in [0.2, 0.25) is 0 Å². The molecular formula is C54H55N9O15S2. The molecule has 0 amide bonds. The number of aliphatic hydroxyl groups is 2. The second-order valence-electron chi connectivity index (χ2n) is 19.0. The zero-order valence-electron chi connectivity index (χ0n) is 43.2. The zero-order chi connectivity index (χ0) is 56.9. The number of methoxy groups -OCH3 is 2. The number of nitrogens with zero attached hydrogens (tertiary/aromatic N) is 4. The second-order valence-corrected chi connectivity index (χ2v) is 21.1. The van der Waals surface area contributed by atoms with Crippen LogP contribution in [0.4, 0.5) is 11.6 Å². The predicted octanol–water partition coefficient (Wildman–Crippen LogP) is 4.10. The molecule has 6 atom stereocenters. The van der Waals surface area contributed by atoms with E-state index in [9.17, 15) is 49.2 Å². The van der Waals surface area contributed by atoms with Gasteiger partial charge in [0.25, 0.3) is 5.56 Å². The molecule has 418 valence electrons. The van der Waals surface area contributed by atoms with Gasteiger partial charge in [0.05, 0.1) is 70.7 Å². The summed E-state index contributed by atoms with van der Waals surface area (Å²) >= 11 is 2.71. The number of ketones is 3. The van der Waals surface area contributed by atoms with Gasteiger partial charge in [0.2, 0.25) is 11.7 Å². The van der Waals surface area contributed by atoms with Crippen molar-refractivity contribution in [2.24, 2.45) is 5.92 Å². The summed E-state index contributed by atoms with van der Waals surface area (Å²) in [6.45, 7) is 1.75. The number of carboxylic acid groups (broad SMARTS) is 1. The normalized spacial score (nSPS) is 18.8. The molecule has 4 aromatic carbocycles. The van der Waals surface area contributed by atoms with Crippen LogP contribution < -0.4 is 36.1 Å². The van der Waals surface area contributed by atoms with Gasteiger partial charge in [-0.2, -0.15) is 4.98 Å². The second kappa shape index (κ2) is 24.6. The molecule has 0 saturated carbocycles. The number of fused-ring (bicyclic) bond motifs is 5. The SMILES string of the molecule is COC1CC(NSc2nc3ccc(OC(=O)CCC(NCc4ccc(NCc5cnc6nc(N)[nH]c(=O)c6n5)cc4)C(=O)O)cc3s2)C(O)C(C)O1.COc1cccc2c1C(=O)c1c(O)c3c(c(O)c1C2=O)CC(C(=O)CO)CC3. The molecule has 10 rings (SSSR count). The Bertz CT molecular complexity index is 3600. The molecule has 0 radical (unpaired) electrons. The Morgan fingerprint density at radius 1 is 0.963 bits per heavy atom. The first-order chi connectivity index (χ1) is 38.4. The minimum Gasteiger partial charge on any atom is -0.507 e. The molecular weight excluding hydrogens is 1080 g/mol. The average molecular weight is 1130 g/mol. The molecule has 11 N–H and O–H groups in total. The highest BCUT2D eigenvalue weighted by molar-refractivity contribution is 7.99. The number of aliphatic carboxylic acids is 1. The summed E-state index contributed by atoms with van der Waals surface area (Å²) in [4.78, 5) is 94.2. The van der Waals surface area contributed by atoms with Crippen LogP contribution in [0.5, 0.6) is 23.0 Å². The number of ether oxygens (including phenoxy) is 4. The van der Waals surface area contributed by atoms with E-state index in [2.05, 4.69) is 40.3 Å². The van der Waals surface area contributed by atoms with E-state index < -0.39 is 60.0 Å². The van der Waals surface area contributed by atoms with E-state index in [1.54, 1.807) is 44.4 Å². The standard InChI is InChI=1S/C33H37N9O8S2.C21H18O7/c1-16-28(44)23(12-26(48-2)49-16)42-52-33-39-21-8-7-20(11-24(21)51-33)50-25(43)10-9-22(31(46)47)36-13-17-3-5-18(6-4-17)35-14-19-15-37-29-27(38-19)30(45)41-32(34)40-29;1-28-14-4-2-3-11-15(14)21(27)17-16(19(11)25)20(26)12-7-9(13(23)8-22)5-6-10(12)18(17)24/h3-8,11,15-16,22-23,26,28,35-36,42,44H,9-10,12-14H2,1-2H3,(H,46,47)(H3,34,37,40,41,45);2-4,9,22,24,26H,5-8H2,1H3. The maximum atomic E-state index is 13.1. The van der Waals surface area contributed by atoms with Crippen molar-refractivity contribution in [1.82, 2.24) is 35.0 Å². The summed E-state index contributed by atoms with van der Waals surface area (Å²) in [6.07, 6.45) is 1.13. The number of nitrogens with two attached hydrogens (primary N) is 1. The molecule has 80 heavy (non-hydrogen) atoms. The van der Waals surface area contributed by atoms with Crippen molar-refractivity contribution in [2.45, 2.75) is 93.5 Å². The molecule has 0 bridgehead atoms. The topological polar surface area (TPSA) is 370 Å². The molecule has 6 unspecified atom stereocenters. The lowest BCUT2D eigenvalue weighted by molar-refractivity contribution is -0.212. The predicted molar refractivity (Wildman–Crippen MR) is 291 cm³/mol. The van der Waals surface area contributed by atoms with Crippen molar-refractivity contribution in [3.8, 4) is 23.0 Å². The number of carbonyl (C=O) groups excluding carboxylic acids is 4. The Hall–Kier alpha value is -7.95. The van der Waals surface area contributed by atoms with E-state index >= 15 is 0 Å². The number of phenolic OH excluding ortho intramolecular Hbond substituents is 2. The number of H-pyrrole nitrogens is 1. The number of carbonyl (C=O) groups is 5. The number of phenols is 2. The van der Waals surface area contributed by atoms with Crippen LogP contribution in [-0.4, -0.2) is 131 Å². The van der Waals surface area contributed by atoms with Crippen LogP contribution in [0.1, 0.15) is 86.8 Å². The number of hydrogen-bond acceptors (Lipinski definition) is 24. The number of carboxylic acids is 1. The molecule has 0 spiro atoms. The largest absolute Gasteiger partial charge is 0.507 e. The van der Waals surface area contributed by atoms with Gasteiger partial charge in [0.15, 0.2) is 33.4 Å². The molecule has 4 heterocycles. The smallest absolute Gasteiger partial charge is 0.320 e. The fourth-order valence-electron chi connectivity index (χ4n) is 9.63. The molecule has 1 saturated heterocycles. The summed E-state index contributed by atoms with van der Waals surface area (Å²) in [5, 5.41) is 57.2. The number of benzene rings is 4. The number of hydrogen-bond donors (Lipinski definition) is 10. The number of esters is 1. The quantitative estimate of drug-likeness (QED) is 0.0250. The van der Waals surface area contributed by atoms with Gasteiger partial charge < -0.3 is 60.8 Å². The molecule has 3 aromatic heterocycles. The van der Waals surface area contributed by atoms with Gasteiger partial charge in [-0.3, -0.25) is 38.5 Å². The van der Waals surface area contributed by atoms with Gasteiger partial charge in [-0.25, -0.2) is 15.0 Å².